The molecule has 1 unspecified atom stereocenters. The van der Waals surface area contributed by atoms with Crippen LogP contribution in [0.1, 0.15) is 6.42 Å². The van der Waals surface area contributed by atoms with E-state index in [1.54, 1.807) is 12.0 Å². The molecule has 1 atom stereocenters. The van der Waals surface area contributed by atoms with Crippen molar-refractivity contribution in [2.45, 2.75) is 12.5 Å². The summed E-state index contributed by atoms with van der Waals surface area (Å²) in [5, 5.41) is 3.33. The van der Waals surface area contributed by atoms with Crippen LogP contribution in [-0.4, -0.2) is 81.5 Å². The van der Waals surface area contributed by atoms with E-state index < -0.39 is 0 Å². The third-order valence-electron chi connectivity index (χ3n) is 3.49. The molecule has 6 nitrogen and oxygen atoms in total. The van der Waals surface area contributed by atoms with Crippen LogP contribution < -0.4 is 5.32 Å². The number of rotatable bonds is 6. The highest BCUT2D eigenvalue weighted by Crippen LogP contribution is 2.14. The van der Waals surface area contributed by atoms with Gasteiger partial charge in [0.1, 0.15) is 6.10 Å². The predicted molar refractivity (Wildman–Crippen MR) is 67.6 cm³/mol. The van der Waals surface area contributed by atoms with Gasteiger partial charge in [-0.15, -0.1) is 0 Å². The molecule has 6 heteroatoms. The number of hydrogen-bond donors (Lipinski definition) is 1. The van der Waals surface area contributed by atoms with Crippen molar-refractivity contribution in [2.75, 3.05) is 59.5 Å². The van der Waals surface area contributed by atoms with Crippen molar-refractivity contribution in [1.82, 2.24) is 15.1 Å². The summed E-state index contributed by atoms with van der Waals surface area (Å²) < 4.78 is 10.3. The summed E-state index contributed by atoms with van der Waals surface area (Å²) >= 11 is 0. The zero-order chi connectivity index (χ0) is 12.8. The summed E-state index contributed by atoms with van der Waals surface area (Å²) in [6.07, 6.45) is 0.775. The Bertz CT molecular complexity index is 269. The van der Waals surface area contributed by atoms with Crippen molar-refractivity contribution in [3.8, 4) is 0 Å². The maximum absolute atomic E-state index is 11.6. The topological polar surface area (TPSA) is 54.0 Å². The zero-order valence-corrected chi connectivity index (χ0v) is 11.1. The van der Waals surface area contributed by atoms with E-state index >= 15 is 0 Å². The standard InChI is InChI=1S/C12H23N3O3/c1-17-9-8-15-10-11(18-12(15)16)2-5-14-6-3-13-4-7-14/h11,13H,2-10H2,1H3. The number of nitrogens with one attached hydrogen (secondary N) is 1. The van der Waals surface area contributed by atoms with Gasteiger partial charge in [0.05, 0.1) is 13.2 Å². The SMILES string of the molecule is COCCN1CC(CCN2CCNCC2)OC1=O. The highest BCUT2D eigenvalue weighted by molar-refractivity contribution is 5.69. The molecule has 0 aromatic rings. The number of cyclic esters (lactones) is 1. The van der Waals surface area contributed by atoms with Gasteiger partial charge in [0.15, 0.2) is 0 Å². The van der Waals surface area contributed by atoms with Gasteiger partial charge >= 0.3 is 6.09 Å². The smallest absolute Gasteiger partial charge is 0.410 e. The Morgan fingerprint density at radius 2 is 2.17 bits per heavy atom. The van der Waals surface area contributed by atoms with Gasteiger partial charge in [-0.3, -0.25) is 0 Å². The summed E-state index contributed by atoms with van der Waals surface area (Å²) in [6, 6.07) is 0. The van der Waals surface area contributed by atoms with Gasteiger partial charge in [0.25, 0.3) is 0 Å². The fourth-order valence-electron chi connectivity index (χ4n) is 2.37. The monoisotopic (exact) mass is 257 g/mol. The summed E-state index contributed by atoms with van der Waals surface area (Å²) in [7, 11) is 1.64. The number of piperazine rings is 1. The van der Waals surface area contributed by atoms with Crippen molar-refractivity contribution in [3.05, 3.63) is 0 Å². The number of ether oxygens (including phenoxy) is 2. The minimum absolute atomic E-state index is 0.0456. The third kappa shape index (κ3) is 3.83. The molecule has 0 radical (unpaired) electrons. The second kappa shape index (κ2) is 6.92. The first kappa shape index (κ1) is 13.6. The number of methoxy groups -OCH3 is 1. The number of carbonyl (C=O) groups excluding carboxylic acids is 1. The molecule has 0 aliphatic carbocycles. The molecule has 2 saturated heterocycles. The minimum atomic E-state index is -0.197. The second-order valence-corrected chi connectivity index (χ2v) is 4.82. The first-order valence-corrected chi connectivity index (χ1v) is 6.67. The molecule has 2 heterocycles. The van der Waals surface area contributed by atoms with Gasteiger partial charge < -0.3 is 24.6 Å². The quantitative estimate of drug-likeness (QED) is 0.711. The van der Waals surface area contributed by atoms with E-state index in [9.17, 15) is 4.79 Å². The van der Waals surface area contributed by atoms with Crippen LogP contribution in [0.25, 0.3) is 0 Å². The largest absolute Gasteiger partial charge is 0.444 e. The molecule has 0 saturated carbocycles. The average molecular weight is 257 g/mol. The summed E-state index contributed by atoms with van der Waals surface area (Å²) in [6.45, 7) is 7.21. The van der Waals surface area contributed by atoms with Gasteiger partial charge in [-0.05, 0) is 6.42 Å². The van der Waals surface area contributed by atoms with Crippen molar-refractivity contribution in [3.63, 3.8) is 0 Å². The second-order valence-electron chi connectivity index (χ2n) is 4.82. The summed E-state index contributed by atoms with van der Waals surface area (Å²) in [5.41, 5.74) is 0. The van der Waals surface area contributed by atoms with E-state index in [0.717, 1.165) is 39.1 Å². The van der Waals surface area contributed by atoms with Gasteiger partial charge in [0, 0.05) is 46.4 Å². The van der Waals surface area contributed by atoms with Gasteiger partial charge in [0.2, 0.25) is 0 Å². The lowest BCUT2D eigenvalue weighted by Crippen LogP contribution is -2.44. The van der Waals surface area contributed by atoms with Crippen LogP contribution in [0.5, 0.6) is 0 Å². The molecule has 2 aliphatic rings. The Kier molecular flexibility index (Phi) is 5.22. The lowest BCUT2D eigenvalue weighted by Gasteiger charge is -2.27. The normalized spacial score (nSPS) is 25.5. The minimum Gasteiger partial charge on any atom is -0.444 e. The Hall–Kier alpha value is -0.850. The van der Waals surface area contributed by atoms with Gasteiger partial charge in [-0.25, -0.2) is 4.79 Å². The molecule has 1 amide bonds. The average Bonchev–Trinajstić information content (AvgIpc) is 2.76. The van der Waals surface area contributed by atoms with Crippen LogP contribution in [-0.2, 0) is 9.47 Å². The lowest BCUT2D eigenvalue weighted by atomic mass is 10.2. The van der Waals surface area contributed by atoms with Crippen molar-refractivity contribution in [1.29, 1.82) is 0 Å². The first-order chi connectivity index (χ1) is 8.79. The predicted octanol–water partition coefficient (Wildman–Crippen LogP) is -0.251. The Balaban J connectivity index is 1.66. The maximum atomic E-state index is 11.6. The van der Waals surface area contributed by atoms with Crippen molar-refractivity contribution < 1.29 is 14.3 Å². The third-order valence-corrected chi connectivity index (χ3v) is 3.49. The summed E-state index contributed by atoms with van der Waals surface area (Å²) in [4.78, 5) is 15.7. The summed E-state index contributed by atoms with van der Waals surface area (Å²) in [5.74, 6) is 0. The van der Waals surface area contributed by atoms with Gasteiger partial charge in [-0.1, -0.05) is 0 Å². The molecule has 0 spiro atoms. The molecule has 2 aliphatic heterocycles. The molecular formula is C12H23N3O3. The van der Waals surface area contributed by atoms with Crippen molar-refractivity contribution >= 4 is 6.09 Å². The van der Waals surface area contributed by atoms with E-state index in [2.05, 4.69) is 10.2 Å². The van der Waals surface area contributed by atoms with E-state index in [1.807, 2.05) is 0 Å². The molecule has 0 aromatic heterocycles. The number of amides is 1. The highest BCUT2D eigenvalue weighted by atomic mass is 16.6. The molecule has 104 valence electrons. The number of nitrogens with zero attached hydrogens (tertiary/aromatic N) is 2. The molecular weight excluding hydrogens is 234 g/mol. The Morgan fingerprint density at radius 1 is 1.39 bits per heavy atom. The van der Waals surface area contributed by atoms with Gasteiger partial charge in [-0.2, -0.15) is 0 Å². The van der Waals surface area contributed by atoms with E-state index in [0.29, 0.717) is 19.7 Å². The Morgan fingerprint density at radius 3 is 2.89 bits per heavy atom. The van der Waals surface area contributed by atoms with Crippen LogP contribution in [0.3, 0.4) is 0 Å². The first-order valence-electron chi connectivity index (χ1n) is 6.67. The van der Waals surface area contributed by atoms with E-state index in [-0.39, 0.29) is 12.2 Å². The van der Waals surface area contributed by atoms with Crippen LogP contribution >= 0.6 is 0 Å². The molecule has 2 rings (SSSR count). The molecule has 0 aromatic carbocycles. The maximum Gasteiger partial charge on any atom is 0.410 e. The van der Waals surface area contributed by atoms with Crippen LogP contribution in [0.4, 0.5) is 4.79 Å². The van der Waals surface area contributed by atoms with E-state index in [1.165, 1.54) is 0 Å². The van der Waals surface area contributed by atoms with E-state index in [4.69, 9.17) is 9.47 Å². The molecule has 1 N–H and O–H groups in total. The highest BCUT2D eigenvalue weighted by Gasteiger charge is 2.30. The van der Waals surface area contributed by atoms with Crippen LogP contribution in [0.15, 0.2) is 0 Å². The molecule has 18 heavy (non-hydrogen) atoms. The zero-order valence-electron chi connectivity index (χ0n) is 11.1. The van der Waals surface area contributed by atoms with Crippen LogP contribution in [0, 0.1) is 0 Å². The molecule has 2 fully saturated rings. The number of carbonyl (C=O) groups is 1. The van der Waals surface area contributed by atoms with Crippen molar-refractivity contribution in [2.24, 2.45) is 0 Å². The van der Waals surface area contributed by atoms with Crippen LogP contribution in [0.2, 0.25) is 0 Å². The fraction of sp³-hybridized carbons (Fsp3) is 0.917. The fourth-order valence-corrected chi connectivity index (χ4v) is 2.37. The molecule has 0 bridgehead atoms. The Labute approximate surface area is 108 Å². The number of hydrogen-bond acceptors (Lipinski definition) is 5. The lowest BCUT2D eigenvalue weighted by molar-refractivity contribution is 0.115.